The normalized spacial score (nSPS) is 19.7. The van der Waals surface area contributed by atoms with Crippen molar-refractivity contribution in [3.8, 4) is 0 Å². The van der Waals surface area contributed by atoms with Gasteiger partial charge in [0.15, 0.2) is 0 Å². The molecule has 1 saturated heterocycles. The number of hydrogen-bond donors (Lipinski definition) is 1. The quantitative estimate of drug-likeness (QED) is 0.830. The fraction of sp³-hybridized carbons (Fsp3) is 0.455. The van der Waals surface area contributed by atoms with Crippen molar-refractivity contribution in [1.29, 1.82) is 0 Å². The Balaban J connectivity index is 2.13. The maximum atomic E-state index is 13.6. The van der Waals surface area contributed by atoms with Crippen LogP contribution in [-0.4, -0.2) is 18.7 Å². The van der Waals surface area contributed by atoms with E-state index in [1.807, 2.05) is 0 Å². The van der Waals surface area contributed by atoms with Gasteiger partial charge in [0.25, 0.3) is 0 Å². The van der Waals surface area contributed by atoms with Crippen LogP contribution in [0.15, 0.2) is 30.3 Å². The van der Waals surface area contributed by atoms with Gasteiger partial charge in [-0.15, -0.1) is 0 Å². The van der Waals surface area contributed by atoms with Crippen LogP contribution in [0.1, 0.15) is 12.5 Å². The summed E-state index contributed by atoms with van der Waals surface area (Å²) in [6.45, 7) is 2.62. The predicted molar refractivity (Wildman–Crippen MR) is 52.7 cm³/mol. The highest BCUT2D eigenvalue weighted by atomic mass is 19.3. The van der Waals surface area contributed by atoms with Crippen LogP contribution in [0.4, 0.5) is 8.78 Å². The van der Waals surface area contributed by atoms with E-state index in [0.29, 0.717) is 13.1 Å². The van der Waals surface area contributed by atoms with Gasteiger partial charge in [-0.2, -0.15) is 8.78 Å². The first kappa shape index (κ1) is 10.5. The summed E-state index contributed by atoms with van der Waals surface area (Å²) in [5, 5.41) is 2.92. The summed E-state index contributed by atoms with van der Waals surface area (Å²) in [6, 6.07) is 7.60. The molecule has 1 aromatic rings. The molecule has 0 saturated carbocycles. The molecule has 1 aliphatic heterocycles. The fourth-order valence-electron chi connectivity index (χ4n) is 1.55. The van der Waals surface area contributed by atoms with Crippen molar-refractivity contribution in [3.63, 3.8) is 0 Å². The van der Waals surface area contributed by atoms with Crippen molar-refractivity contribution in [3.05, 3.63) is 35.9 Å². The molecule has 0 unspecified atom stereocenters. The highest BCUT2D eigenvalue weighted by molar-refractivity contribution is 5.18. The van der Waals surface area contributed by atoms with E-state index in [2.05, 4.69) is 5.32 Å². The largest absolute Gasteiger partial charge is 0.383 e. The Morgan fingerprint density at radius 1 is 1.27 bits per heavy atom. The van der Waals surface area contributed by atoms with E-state index in [1.54, 1.807) is 25.1 Å². The van der Waals surface area contributed by atoms with Gasteiger partial charge < -0.3 is 10.1 Å². The van der Waals surface area contributed by atoms with Crippen LogP contribution in [0, 0.1) is 0 Å². The summed E-state index contributed by atoms with van der Waals surface area (Å²) >= 11 is 0. The van der Waals surface area contributed by atoms with Crippen molar-refractivity contribution in [2.75, 3.05) is 13.1 Å². The highest BCUT2D eigenvalue weighted by Gasteiger charge is 2.44. The third kappa shape index (κ3) is 2.16. The molecule has 0 atom stereocenters. The number of nitrogens with one attached hydrogen (secondary N) is 1. The number of alkyl halides is 2. The summed E-state index contributed by atoms with van der Waals surface area (Å²) in [6.07, 6.45) is -3.21. The van der Waals surface area contributed by atoms with Crippen molar-refractivity contribution >= 4 is 0 Å². The van der Waals surface area contributed by atoms with E-state index in [1.165, 1.54) is 12.1 Å². The predicted octanol–water partition coefficient (Wildman–Crippen LogP) is 2.11. The lowest BCUT2D eigenvalue weighted by Gasteiger charge is -2.41. The molecule has 1 aliphatic rings. The Morgan fingerprint density at radius 3 is 2.33 bits per heavy atom. The van der Waals surface area contributed by atoms with Gasteiger partial charge in [0, 0.05) is 13.1 Å². The lowest BCUT2D eigenvalue weighted by atomic mass is 10.00. The molecule has 2 nitrogen and oxygen atoms in total. The SMILES string of the molecule is CC1(OC(F)(F)c2ccccc2)CNC1. The van der Waals surface area contributed by atoms with Gasteiger partial charge in [0.1, 0.15) is 0 Å². The molecule has 0 radical (unpaired) electrons. The van der Waals surface area contributed by atoms with Crippen LogP contribution in [0.25, 0.3) is 0 Å². The van der Waals surface area contributed by atoms with Crippen LogP contribution < -0.4 is 5.32 Å². The molecule has 1 heterocycles. The number of halogens is 2. The average molecular weight is 213 g/mol. The van der Waals surface area contributed by atoms with Crippen LogP contribution >= 0.6 is 0 Å². The summed E-state index contributed by atoms with van der Waals surface area (Å²) in [5.74, 6) is 0. The first-order valence-corrected chi connectivity index (χ1v) is 4.86. The molecule has 1 aromatic carbocycles. The van der Waals surface area contributed by atoms with E-state index in [4.69, 9.17) is 4.74 Å². The minimum atomic E-state index is -3.21. The number of hydrogen-bond acceptors (Lipinski definition) is 2. The molecule has 4 heteroatoms. The summed E-state index contributed by atoms with van der Waals surface area (Å²) in [4.78, 5) is 0. The average Bonchev–Trinajstić information content (AvgIpc) is 2.16. The molecular formula is C11H13F2NO. The van der Waals surface area contributed by atoms with Crippen molar-refractivity contribution < 1.29 is 13.5 Å². The van der Waals surface area contributed by atoms with Gasteiger partial charge in [-0.3, -0.25) is 0 Å². The summed E-state index contributed by atoms with van der Waals surface area (Å²) < 4.78 is 32.1. The molecule has 0 aromatic heterocycles. The lowest BCUT2D eigenvalue weighted by Crippen LogP contribution is -2.60. The molecule has 2 rings (SSSR count). The van der Waals surface area contributed by atoms with E-state index in [0.717, 1.165) is 0 Å². The van der Waals surface area contributed by atoms with Gasteiger partial charge in [-0.1, -0.05) is 30.3 Å². The smallest absolute Gasteiger partial charge is 0.311 e. The van der Waals surface area contributed by atoms with E-state index < -0.39 is 11.7 Å². The number of rotatable bonds is 3. The maximum Gasteiger partial charge on any atom is 0.383 e. The highest BCUT2D eigenvalue weighted by Crippen LogP contribution is 2.35. The Hall–Kier alpha value is -1.00. The van der Waals surface area contributed by atoms with Gasteiger partial charge >= 0.3 is 6.11 Å². The maximum absolute atomic E-state index is 13.6. The topological polar surface area (TPSA) is 21.3 Å². The van der Waals surface area contributed by atoms with E-state index >= 15 is 0 Å². The molecule has 0 amide bonds. The molecule has 0 bridgehead atoms. The Labute approximate surface area is 87.2 Å². The van der Waals surface area contributed by atoms with Gasteiger partial charge in [-0.25, -0.2) is 0 Å². The zero-order chi connectivity index (χ0) is 10.9. The molecule has 82 valence electrons. The molecule has 1 fully saturated rings. The van der Waals surface area contributed by atoms with Crippen LogP contribution in [0.3, 0.4) is 0 Å². The third-order valence-corrected chi connectivity index (χ3v) is 2.48. The van der Waals surface area contributed by atoms with Crippen molar-refractivity contribution in [2.24, 2.45) is 0 Å². The first-order valence-electron chi connectivity index (χ1n) is 4.86. The Morgan fingerprint density at radius 2 is 1.87 bits per heavy atom. The minimum absolute atomic E-state index is 0.0990. The second-order valence-corrected chi connectivity index (χ2v) is 4.04. The van der Waals surface area contributed by atoms with Crippen LogP contribution in [0.2, 0.25) is 0 Å². The summed E-state index contributed by atoms with van der Waals surface area (Å²) in [5.41, 5.74) is -0.850. The molecule has 0 spiro atoms. The van der Waals surface area contributed by atoms with Gasteiger partial charge in [-0.05, 0) is 6.92 Å². The molecule has 15 heavy (non-hydrogen) atoms. The van der Waals surface area contributed by atoms with Crippen molar-refractivity contribution in [2.45, 2.75) is 18.6 Å². The van der Waals surface area contributed by atoms with Crippen LogP contribution in [0.5, 0.6) is 0 Å². The standard InChI is InChI=1S/C11H13F2NO/c1-10(7-14-8-10)15-11(12,13)9-5-3-2-4-6-9/h2-6,14H,7-8H2,1H3. The third-order valence-electron chi connectivity index (χ3n) is 2.48. The number of benzene rings is 1. The van der Waals surface area contributed by atoms with Gasteiger partial charge in [0.05, 0.1) is 11.2 Å². The summed E-state index contributed by atoms with van der Waals surface area (Å²) in [7, 11) is 0. The number of ether oxygens (including phenoxy) is 1. The first-order chi connectivity index (χ1) is 7.02. The lowest BCUT2D eigenvalue weighted by molar-refractivity contribution is -0.310. The second kappa shape index (κ2) is 3.54. The second-order valence-electron chi connectivity index (χ2n) is 4.04. The van der Waals surface area contributed by atoms with Gasteiger partial charge in [0.2, 0.25) is 0 Å². The molecule has 0 aliphatic carbocycles. The monoisotopic (exact) mass is 213 g/mol. The van der Waals surface area contributed by atoms with E-state index in [-0.39, 0.29) is 5.56 Å². The van der Waals surface area contributed by atoms with Crippen molar-refractivity contribution in [1.82, 2.24) is 5.32 Å². The molecular weight excluding hydrogens is 200 g/mol. The van der Waals surface area contributed by atoms with E-state index in [9.17, 15) is 8.78 Å². The zero-order valence-corrected chi connectivity index (χ0v) is 8.47. The Bertz CT molecular complexity index is 336. The Kier molecular flexibility index (Phi) is 2.48. The minimum Gasteiger partial charge on any atom is -0.311 e. The van der Waals surface area contributed by atoms with Crippen LogP contribution in [-0.2, 0) is 10.8 Å². The fourth-order valence-corrected chi connectivity index (χ4v) is 1.55. The molecule has 1 N–H and O–H groups in total. The zero-order valence-electron chi connectivity index (χ0n) is 8.47.